The zero-order chi connectivity index (χ0) is 17.3. The number of hydrogen-bond acceptors (Lipinski definition) is 4. The average molecular weight is 347 g/mol. The van der Waals surface area contributed by atoms with Gasteiger partial charge in [0.25, 0.3) is 0 Å². The second-order valence-corrected chi connectivity index (χ2v) is 7.30. The zero-order valence-electron chi connectivity index (χ0n) is 15.0. The smallest absolute Gasteiger partial charge is 0.0761 e. The van der Waals surface area contributed by atoms with Gasteiger partial charge in [-0.1, -0.05) is 18.2 Å². The highest BCUT2D eigenvalue weighted by atomic mass is 15.3. The normalized spacial score (nSPS) is 21.5. The lowest BCUT2D eigenvalue weighted by atomic mass is 10.1. The van der Waals surface area contributed by atoms with Gasteiger partial charge < -0.3 is 10.2 Å². The number of fused-ring (bicyclic) bond motifs is 1. The zero-order valence-corrected chi connectivity index (χ0v) is 15.0. The predicted octanol–water partition coefficient (Wildman–Crippen LogP) is 2.51. The second-order valence-electron chi connectivity index (χ2n) is 7.30. The monoisotopic (exact) mass is 347 g/mol. The number of hydrogen-bond donors (Lipinski definition) is 1. The molecule has 5 heteroatoms. The van der Waals surface area contributed by atoms with E-state index >= 15 is 0 Å². The first-order valence-corrected chi connectivity index (χ1v) is 9.61. The average Bonchev–Trinajstić information content (AvgIpc) is 3.38. The van der Waals surface area contributed by atoms with Crippen molar-refractivity contribution >= 4 is 16.6 Å². The van der Waals surface area contributed by atoms with Gasteiger partial charge in [-0.15, -0.1) is 0 Å². The van der Waals surface area contributed by atoms with Crippen LogP contribution in [0.1, 0.15) is 6.42 Å². The molecule has 26 heavy (non-hydrogen) atoms. The van der Waals surface area contributed by atoms with Gasteiger partial charge in [-0.2, -0.15) is 5.10 Å². The van der Waals surface area contributed by atoms with Crippen molar-refractivity contribution in [2.24, 2.45) is 0 Å². The van der Waals surface area contributed by atoms with Gasteiger partial charge in [0.05, 0.1) is 17.4 Å². The van der Waals surface area contributed by atoms with E-state index in [-0.39, 0.29) is 0 Å². The van der Waals surface area contributed by atoms with Crippen molar-refractivity contribution in [2.75, 3.05) is 44.2 Å². The van der Waals surface area contributed by atoms with Gasteiger partial charge in [0.1, 0.15) is 0 Å². The lowest BCUT2D eigenvalue weighted by molar-refractivity contribution is 0.196. The fourth-order valence-electron chi connectivity index (χ4n) is 4.27. The summed E-state index contributed by atoms with van der Waals surface area (Å²) >= 11 is 0. The molecule has 1 atom stereocenters. The van der Waals surface area contributed by atoms with Gasteiger partial charge in [0.15, 0.2) is 0 Å². The SMILES string of the molecule is c1ccc(-n2ncc3ccc(N4CCN(C5CCNC5)CC4)cc32)cc1. The summed E-state index contributed by atoms with van der Waals surface area (Å²) in [5, 5.41) is 9.27. The number of nitrogens with zero attached hydrogens (tertiary/aromatic N) is 4. The number of aromatic nitrogens is 2. The van der Waals surface area contributed by atoms with Gasteiger partial charge in [-0.25, -0.2) is 4.68 Å². The Morgan fingerprint density at radius 1 is 0.923 bits per heavy atom. The summed E-state index contributed by atoms with van der Waals surface area (Å²) in [6.07, 6.45) is 3.25. The molecule has 0 radical (unpaired) electrons. The van der Waals surface area contributed by atoms with Gasteiger partial charge >= 0.3 is 0 Å². The van der Waals surface area contributed by atoms with Crippen LogP contribution in [0.3, 0.4) is 0 Å². The topological polar surface area (TPSA) is 36.3 Å². The molecule has 1 unspecified atom stereocenters. The van der Waals surface area contributed by atoms with Crippen LogP contribution in [-0.2, 0) is 0 Å². The van der Waals surface area contributed by atoms with Crippen LogP contribution in [-0.4, -0.2) is 60.0 Å². The van der Waals surface area contributed by atoms with Crippen LogP contribution in [0.25, 0.3) is 16.6 Å². The molecule has 0 amide bonds. The van der Waals surface area contributed by atoms with Crippen molar-refractivity contribution in [3.8, 4) is 5.69 Å². The van der Waals surface area contributed by atoms with E-state index in [0.717, 1.165) is 44.5 Å². The number of benzene rings is 2. The van der Waals surface area contributed by atoms with Crippen molar-refractivity contribution in [1.82, 2.24) is 20.0 Å². The Hall–Kier alpha value is -2.37. The van der Waals surface area contributed by atoms with E-state index < -0.39 is 0 Å². The van der Waals surface area contributed by atoms with E-state index in [2.05, 4.69) is 62.7 Å². The van der Waals surface area contributed by atoms with Gasteiger partial charge in [0, 0.05) is 49.8 Å². The molecule has 0 saturated carbocycles. The first kappa shape index (κ1) is 15.9. The molecule has 0 aliphatic carbocycles. The Labute approximate surface area is 154 Å². The molecule has 0 bridgehead atoms. The molecule has 1 aromatic heterocycles. The highest BCUT2D eigenvalue weighted by Crippen LogP contribution is 2.25. The molecule has 3 aromatic rings. The number of anilines is 1. The van der Waals surface area contributed by atoms with Gasteiger partial charge in [0.2, 0.25) is 0 Å². The van der Waals surface area contributed by atoms with Gasteiger partial charge in [-0.05, 0) is 43.3 Å². The Bertz CT molecular complexity index is 874. The first-order valence-electron chi connectivity index (χ1n) is 9.61. The maximum Gasteiger partial charge on any atom is 0.0761 e. The van der Waals surface area contributed by atoms with Crippen molar-refractivity contribution in [2.45, 2.75) is 12.5 Å². The lowest BCUT2D eigenvalue weighted by Crippen LogP contribution is -2.51. The minimum absolute atomic E-state index is 0.735. The van der Waals surface area contributed by atoms with Crippen molar-refractivity contribution in [3.63, 3.8) is 0 Å². The van der Waals surface area contributed by atoms with Crippen LogP contribution < -0.4 is 10.2 Å². The molecule has 2 aromatic carbocycles. The molecule has 0 spiro atoms. The number of piperazine rings is 1. The number of para-hydroxylation sites is 1. The molecule has 3 heterocycles. The Morgan fingerprint density at radius 2 is 1.77 bits per heavy atom. The Morgan fingerprint density at radius 3 is 2.54 bits per heavy atom. The molecular formula is C21H25N5. The fourth-order valence-corrected chi connectivity index (χ4v) is 4.27. The molecular weight excluding hydrogens is 322 g/mol. The summed E-state index contributed by atoms with van der Waals surface area (Å²) in [6, 6.07) is 17.8. The Kier molecular flexibility index (Phi) is 4.11. The van der Waals surface area contributed by atoms with Crippen molar-refractivity contribution in [1.29, 1.82) is 0 Å². The summed E-state index contributed by atoms with van der Waals surface area (Å²) in [5.74, 6) is 0. The first-order chi connectivity index (χ1) is 12.9. The van der Waals surface area contributed by atoms with Crippen LogP contribution in [0.4, 0.5) is 5.69 Å². The number of rotatable bonds is 3. The summed E-state index contributed by atoms with van der Waals surface area (Å²) in [5.41, 5.74) is 3.59. The van der Waals surface area contributed by atoms with E-state index in [0.29, 0.717) is 0 Å². The maximum absolute atomic E-state index is 4.60. The van der Waals surface area contributed by atoms with E-state index in [1.807, 2.05) is 16.9 Å². The molecule has 5 nitrogen and oxygen atoms in total. The summed E-state index contributed by atoms with van der Waals surface area (Å²) in [7, 11) is 0. The van der Waals surface area contributed by atoms with E-state index in [1.165, 1.54) is 29.6 Å². The summed E-state index contributed by atoms with van der Waals surface area (Å²) in [6.45, 7) is 6.83. The van der Waals surface area contributed by atoms with E-state index in [9.17, 15) is 0 Å². The van der Waals surface area contributed by atoms with Crippen LogP contribution >= 0.6 is 0 Å². The quantitative estimate of drug-likeness (QED) is 0.790. The molecule has 5 rings (SSSR count). The molecule has 2 fully saturated rings. The minimum Gasteiger partial charge on any atom is -0.369 e. The van der Waals surface area contributed by atoms with Crippen LogP contribution in [0, 0.1) is 0 Å². The summed E-state index contributed by atoms with van der Waals surface area (Å²) < 4.78 is 2.04. The molecule has 2 saturated heterocycles. The second kappa shape index (κ2) is 6.74. The van der Waals surface area contributed by atoms with E-state index in [1.54, 1.807) is 0 Å². The minimum atomic E-state index is 0.735. The maximum atomic E-state index is 4.60. The molecule has 1 N–H and O–H groups in total. The van der Waals surface area contributed by atoms with Crippen LogP contribution in [0.2, 0.25) is 0 Å². The summed E-state index contributed by atoms with van der Waals surface area (Å²) in [4.78, 5) is 5.17. The predicted molar refractivity (Wildman–Crippen MR) is 106 cm³/mol. The Balaban J connectivity index is 1.38. The van der Waals surface area contributed by atoms with Crippen LogP contribution in [0.15, 0.2) is 54.7 Å². The highest BCUT2D eigenvalue weighted by molar-refractivity contribution is 5.84. The van der Waals surface area contributed by atoms with Crippen molar-refractivity contribution < 1.29 is 0 Å². The van der Waals surface area contributed by atoms with Crippen molar-refractivity contribution in [3.05, 3.63) is 54.7 Å². The third-order valence-corrected chi connectivity index (χ3v) is 5.79. The molecule has 2 aliphatic heterocycles. The lowest BCUT2D eigenvalue weighted by Gasteiger charge is -2.39. The molecule has 134 valence electrons. The standard InChI is InChI=1S/C21H25N5/c1-2-4-18(5-3-1)26-21-14-19(7-6-17(21)15-23-26)24-10-12-25(13-11-24)20-8-9-22-16-20/h1-7,14-15,20,22H,8-13,16H2. The van der Waals surface area contributed by atoms with Crippen LogP contribution in [0.5, 0.6) is 0 Å². The fraction of sp³-hybridized carbons (Fsp3) is 0.381. The largest absolute Gasteiger partial charge is 0.369 e. The third kappa shape index (κ3) is 2.87. The molecule has 2 aliphatic rings. The number of nitrogens with one attached hydrogen (secondary N) is 1. The van der Waals surface area contributed by atoms with E-state index in [4.69, 9.17) is 0 Å². The highest BCUT2D eigenvalue weighted by Gasteiger charge is 2.26. The third-order valence-electron chi connectivity index (χ3n) is 5.79. The van der Waals surface area contributed by atoms with Gasteiger partial charge in [-0.3, -0.25) is 4.90 Å².